The van der Waals surface area contributed by atoms with Crippen molar-refractivity contribution in [3.8, 4) is 0 Å². The average molecular weight is 401 g/mol. The van der Waals surface area contributed by atoms with E-state index >= 15 is 0 Å². The standard InChI is InChI=1S/C22H28N2O3S/c1-4-19(14-17-9-7-6-8-10-17)23-28(26,27)20-11-12-21-18(15-20)13-16(3)24(21)22(25)5-2/h6-12,15-16,19,23H,4-5,13-14H2,1-3H3/t16-,19-/m1/s1. The first kappa shape index (κ1) is 20.6. The third-order valence-corrected chi connectivity index (χ3v) is 6.81. The quantitative estimate of drug-likeness (QED) is 0.771. The molecule has 28 heavy (non-hydrogen) atoms. The summed E-state index contributed by atoms with van der Waals surface area (Å²) in [6, 6.07) is 14.8. The number of fused-ring (bicyclic) bond motifs is 1. The predicted molar refractivity (Wildman–Crippen MR) is 112 cm³/mol. The van der Waals surface area contributed by atoms with Gasteiger partial charge in [-0.05, 0) is 55.5 Å². The van der Waals surface area contributed by atoms with E-state index in [0.717, 1.165) is 16.8 Å². The first-order chi connectivity index (χ1) is 13.4. The van der Waals surface area contributed by atoms with Gasteiger partial charge in [-0.25, -0.2) is 13.1 Å². The van der Waals surface area contributed by atoms with Gasteiger partial charge in [0.2, 0.25) is 15.9 Å². The number of sulfonamides is 1. The molecule has 0 unspecified atom stereocenters. The smallest absolute Gasteiger partial charge is 0.240 e. The molecule has 5 nitrogen and oxygen atoms in total. The minimum atomic E-state index is -3.63. The molecular weight excluding hydrogens is 372 g/mol. The number of carbonyl (C=O) groups is 1. The summed E-state index contributed by atoms with van der Waals surface area (Å²) in [6.45, 7) is 5.81. The monoisotopic (exact) mass is 400 g/mol. The SMILES string of the molecule is CCC(=O)N1c2ccc(S(=O)(=O)N[C@H](CC)Cc3ccccc3)cc2C[C@H]1C. The summed E-state index contributed by atoms with van der Waals surface area (Å²) in [5, 5.41) is 0. The van der Waals surface area contributed by atoms with E-state index in [9.17, 15) is 13.2 Å². The maximum Gasteiger partial charge on any atom is 0.240 e. The molecule has 0 aliphatic carbocycles. The Bertz CT molecular complexity index is 942. The van der Waals surface area contributed by atoms with Crippen molar-refractivity contribution in [1.29, 1.82) is 0 Å². The number of hydrogen-bond acceptors (Lipinski definition) is 3. The van der Waals surface area contributed by atoms with Crippen LogP contribution in [0.4, 0.5) is 5.69 Å². The largest absolute Gasteiger partial charge is 0.309 e. The van der Waals surface area contributed by atoms with Crippen LogP contribution in [0.15, 0.2) is 53.4 Å². The highest BCUT2D eigenvalue weighted by atomic mass is 32.2. The summed E-state index contributed by atoms with van der Waals surface area (Å²) in [6.07, 6.45) is 2.46. The number of anilines is 1. The van der Waals surface area contributed by atoms with Crippen molar-refractivity contribution in [3.05, 3.63) is 59.7 Å². The zero-order valence-corrected chi connectivity index (χ0v) is 17.5. The van der Waals surface area contributed by atoms with E-state index in [4.69, 9.17) is 0 Å². The van der Waals surface area contributed by atoms with Gasteiger partial charge < -0.3 is 4.90 Å². The molecule has 0 saturated carbocycles. The fourth-order valence-corrected chi connectivity index (χ4v) is 5.15. The molecule has 6 heteroatoms. The van der Waals surface area contributed by atoms with Crippen molar-refractivity contribution in [2.75, 3.05) is 4.90 Å². The summed E-state index contributed by atoms with van der Waals surface area (Å²) in [5.74, 6) is 0.0638. The molecule has 1 aliphatic rings. The normalized spacial score (nSPS) is 17.4. The minimum Gasteiger partial charge on any atom is -0.309 e. The van der Waals surface area contributed by atoms with E-state index in [1.165, 1.54) is 0 Å². The molecule has 2 atom stereocenters. The molecule has 0 fully saturated rings. The van der Waals surface area contributed by atoms with E-state index in [1.54, 1.807) is 23.1 Å². The molecule has 1 heterocycles. The van der Waals surface area contributed by atoms with Gasteiger partial charge in [-0.15, -0.1) is 0 Å². The lowest BCUT2D eigenvalue weighted by Crippen LogP contribution is -2.36. The Labute approximate surface area is 167 Å². The van der Waals surface area contributed by atoms with Crippen molar-refractivity contribution in [1.82, 2.24) is 4.72 Å². The highest BCUT2D eigenvalue weighted by molar-refractivity contribution is 7.89. The topological polar surface area (TPSA) is 66.5 Å². The summed E-state index contributed by atoms with van der Waals surface area (Å²) >= 11 is 0. The molecule has 2 aromatic rings. The molecule has 1 N–H and O–H groups in total. The molecule has 1 amide bonds. The van der Waals surface area contributed by atoms with Crippen LogP contribution in [0.25, 0.3) is 0 Å². The fraction of sp³-hybridized carbons (Fsp3) is 0.409. The lowest BCUT2D eigenvalue weighted by atomic mass is 10.1. The van der Waals surface area contributed by atoms with Crippen molar-refractivity contribution in [2.45, 2.75) is 63.4 Å². The van der Waals surface area contributed by atoms with E-state index in [-0.39, 0.29) is 22.9 Å². The van der Waals surface area contributed by atoms with Crippen LogP contribution < -0.4 is 9.62 Å². The second-order valence-electron chi connectivity index (χ2n) is 7.38. The third-order valence-electron chi connectivity index (χ3n) is 5.29. The highest BCUT2D eigenvalue weighted by Gasteiger charge is 2.31. The van der Waals surface area contributed by atoms with Crippen LogP contribution in [-0.4, -0.2) is 26.4 Å². The molecule has 3 rings (SSSR count). The second-order valence-corrected chi connectivity index (χ2v) is 9.09. The first-order valence-corrected chi connectivity index (χ1v) is 11.3. The van der Waals surface area contributed by atoms with Gasteiger partial charge >= 0.3 is 0 Å². The zero-order chi connectivity index (χ0) is 20.3. The van der Waals surface area contributed by atoms with Gasteiger partial charge in [0.15, 0.2) is 0 Å². The average Bonchev–Trinajstić information content (AvgIpc) is 3.02. The Morgan fingerprint density at radius 3 is 2.54 bits per heavy atom. The lowest BCUT2D eigenvalue weighted by Gasteiger charge is -2.22. The number of benzene rings is 2. The Balaban J connectivity index is 1.81. The van der Waals surface area contributed by atoms with Gasteiger partial charge in [-0.2, -0.15) is 0 Å². The van der Waals surface area contributed by atoms with Crippen LogP contribution in [0, 0.1) is 0 Å². The molecule has 0 bridgehead atoms. The Morgan fingerprint density at radius 2 is 1.89 bits per heavy atom. The van der Waals surface area contributed by atoms with E-state index in [1.807, 2.05) is 51.1 Å². The van der Waals surface area contributed by atoms with Gasteiger partial charge in [0.1, 0.15) is 0 Å². The number of hydrogen-bond donors (Lipinski definition) is 1. The molecule has 2 aromatic carbocycles. The molecular formula is C22H28N2O3S. The molecule has 0 saturated heterocycles. The zero-order valence-electron chi connectivity index (χ0n) is 16.7. The van der Waals surface area contributed by atoms with Crippen LogP contribution in [0.5, 0.6) is 0 Å². The van der Waals surface area contributed by atoms with Gasteiger partial charge in [0, 0.05) is 24.2 Å². The molecule has 0 aromatic heterocycles. The van der Waals surface area contributed by atoms with E-state index in [2.05, 4.69) is 4.72 Å². The molecule has 150 valence electrons. The summed E-state index contributed by atoms with van der Waals surface area (Å²) in [4.78, 5) is 14.3. The van der Waals surface area contributed by atoms with Gasteiger partial charge in [-0.1, -0.05) is 44.2 Å². The highest BCUT2D eigenvalue weighted by Crippen LogP contribution is 2.34. The van der Waals surface area contributed by atoms with Crippen LogP contribution >= 0.6 is 0 Å². The van der Waals surface area contributed by atoms with Crippen molar-refractivity contribution >= 4 is 21.6 Å². The maximum atomic E-state index is 13.0. The fourth-order valence-electron chi connectivity index (χ4n) is 3.78. The van der Waals surface area contributed by atoms with Crippen molar-refractivity contribution in [3.63, 3.8) is 0 Å². The molecule has 0 radical (unpaired) electrons. The molecule has 0 spiro atoms. The van der Waals surface area contributed by atoms with Gasteiger partial charge in [-0.3, -0.25) is 4.79 Å². The summed E-state index contributed by atoms with van der Waals surface area (Å²) in [7, 11) is -3.63. The number of rotatable bonds is 7. The predicted octanol–water partition coefficient (Wildman–Crippen LogP) is 3.67. The van der Waals surface area contributed by atoms with Crippen molar-refractivity contribution in [2.24, 2.45) is 0 Å². The Morgan fingerprint density at radius 1 is 1.18 bits per heavy atom. The first-order valence-electron chi connectivity index (χ1n) is 9.87. The number of nitrogens with one attached hydrogen (secondary N) is 1. The van der Waals surface area contributed by atoms with Crippen LogP contribution in [0.1, 0.15) is 44.7 Å². The third kappa shape index (κ3) is 4.28. The minimum absolute atomic E-state index is 0.0508. The van der Waals surface area contributed by atoms with E-state index in [0.29, 0.717) is 25.7 Å². The van der Waals surface area contributed by atoms with Gasteiger partial charge in [0.05, 0.1) is 4.90 Å². The summed E-state index contributed by atoms with van der Waals surface area (Å²) in [5.41, 5.74) is 2.84. The second kappa shape index (κ2) is 8.45. The number of carbonyl (C=O) groups excluding carboxylic acids is 1. The Hall–Kier alpha value is -2.18. The van der Waals surface area contributed by atoms with E-state index < -0.39 is 10.0 Å². The Kier molecular flexibility index (Phi) is 6.20. The number of amides is 1. The number of nitrogens with zero attached hydrogens (tertiary/aromatic N) is 1. The lowest BCUT2D eigenvalue weighted by molar-refractivity contribution is -0.118. The van der Waals surface area contributed by atoms with Crippen LogP contribution in [0.2, 0.25) is 0 Å². The maximum absolute atomic E-state index is 13.0. The van der Waals surface area contributed by atoms with Gasteiger partial charge in [0.25, 0.3) is 0 Å². The van der Waals surface area contributed by atoms with Crippen LogP contribution in [0.3, 0.4) is 0 Å². The van der Waals surface area contributed by atoms with Crippen LogP contribution in [-0.2, 0) is 27.7 Å². The summed E-state index contributed by atoms with van der Waals surface area (Å²) < 4.78 is 28.8. The molecule has 1 aliphatic heterocycles. The van der Waals surface area contributed by atoms with Crippen molar-refractivity contribution < 1.29 is 13.2 Å².